The first-order valence-corrected chi connectivity index (χ1v) is 6.83. The third-order valence-electron chi connectivity index (χ3n) is 3.53. The van der Waals surface area contributed by atoms with Crippen molar-refractivity contribution in [2.24, 2.45) is 5.92 Å². The van der Waals surface area contributed by atoms with Gasteiger partial charge < -0.3 is 4.74 Å². The highest BCUT2D eigenvalue weighted by Gasteiger charge is 2.48. The minimum Gasteiger partial charge on any atom is -0.466 e. The molecule has 110 valence electrons. The summed E-state index contributed by atoms with van der Waals surface area (Å²) in [6, 6.07) is 9.64. The molecule has 1 atom stereocenters. The lowest BCUT2D eigenvalue weighted by Crippen LogP contribution is -2.50. The maximum absolute atomic E-state index is 13.8. The second-order valence-corrected chi connectivity index (χ2v) is 5.04. The summed E-state index contributed by atoms with van der Waals surface area (Å²) >= 11 is 0. The molecule has 1 aromatic rings. The van der Waals surface area contributed by atoms with E-state index in [1.54, 1.807) is 6.92 Å². The number of rotatable bonds is 4. The van der Waals surface area contributed by atoms with Crippen LogP contribution in [-0.2, 0) is 16.1 Å². The first-order chi connectivity index (χ1) is 9.53. The molecule has 1 aliphatic heterocycles. The van der Waals surface area contributed by atoms with Crippen molar-refractivity contribution in [1.29, 1.82) is 0 Å². The molecule has 1 aromatic carbocycles. The molecule has 0 unspecified atom stereocenters. The third-order valence-corrected chi connectivity index (χ3v) is 3.53. The number of piperidine rings is 1. The van der Waals surface area contributed by atoms with Gasteiger partial charge in [-0.3, -0.25) is 9.69 Å². The first-order valence-electron chi connectivity index (χ1n) is 6.83. The molecule has 0 bridgehead atoms. The number of esters is 1. The van der Waals surface area contributed by atoms with Gasteiger partial charge in [-0.15, -0.1) is 0 Å². The predicted octanol–water partition coefficient (Wildman–Crippen LogP) is 2.71. The fourth-order valence-corrected chi connectivity index (χ4v) is 2.44. The Morgan fingerprint density at radius 3 is 2.75 bits per heavy atom. The van der Waals surface area contributed by atoms with Gasteiger partial charge in [0.05, 0.1) is 6.61 Å². The van der Waals surface area contributed by atoms with Crippen LogP contribution in [0.1, 0.15) is 18.9 Å². The number of nitrogens with zero attached hydrogens (tertiary/aromatic N) is 1. The van der Waals surface area contributed by atoms with E-state index >= 15 is 0 Å². The predicted molar refractivity (Wildman–Crippen MR) is 71.4 cm³/mol. The summed E-state index contributed by atoms with van der Waals surface area (Å²) in [6.07, 6.45) is -0.302. The van der Waals surface area contributed by atoms with Crippen molar-refractivity contribution in [3.05, 3.63) is 35.9 Å². The van der Waals surface area contributed by atoms with Gasteiger partial charge in [0.2, 0.25) is 0 Å². The summed E-state index contributed by atoms with van der Waals surface area (Å²) in [5, 5.41) is 0. The molecular formula is C15H19F2NO2. The number of halogens is 2. The second-order valence-electron chi connectivity index (χ2n) is 5.04. The zero-order chi connectivity index (χ0) is 14.6. The van der Waals surface area contributed by atoms with Gasteiger partial charge in [-0.2, -0.15) is 0 Å². The fraction of sp³-hybridized carbons (Fsp3) is 0.533. The monoisotopic (exact) mass is 283 g/mol. The lowest BCUT2D eigenvalue weighted by Gasteiger charge is -2.36. The van der Waals surface area contributed by atoms with E-state index in [1.807, 2.05) is 35.2 Å². The number of carbonyl (C=O) groups excluding carboxylic acids is 1. The largest absolute Gasteiger partial charge is 0.466 e. The standard InChI is InChI=1S/C15H19F2NO2/c1-2-20-14(19)13-11-18(9-8-15(13,16)17)10-12-6-4-3-5-7-12/h3-7,13H,2,8-11H2,1H3/t13-/m1/s1. The Bertz CT molecular complexity index is 450. The number of ether oxygens (including phenoxy) is 1. The maximum atomic E-state index is 13.8. The lowest BCUT2D eigenvalue weighted by atomic mass is 9.93. The summed E-state index contributed by atoms with van der Waals surface area (Å²) in [7, 11) is 0. The zero-order valence-corrected chi connectivity index (χ0v) is 11.5. The molecule has 0 aliphatic carbocycles. The van der Waals surface area contributed by atoms with Crippen molar-refractivity contribution in [2.45, 2.75) is 25.8 Å². The highest BCUT2D eigenvalue weighted by molar-refractivity contribution is 5.74. The molecule has 5 heteroatoms. The molecule has 0 spiro atoms. The third kappa shape index (κ3) is 3.54. The van der Waals surface area contributed by atoms with Gasteiger partial charge in [-0.1, -0.05) is 30.3 Å². The van der Waals surface area contributed by atoms with Gasteiger partial charge in [-0.25, -0.2) is 8.78 Å². The Labute approximate surface area is 117 Å². The van der Waals surface area contributed by atoms with Crippen LogP contribution in [0.25, 0.3) is 0 Å². The Morgan fingerprint density at radius 1 is 1.40 bits per heavy atom. The smallest absolute Gasteiger partial charge is 0.316 e. The van der Waals surface area contributed by atoms with Gasteiger partial charge in [0.25, 0.3) is 5.92 Å². The van der Waals surface area contributed by atoms with Crippen LogP contribution in [0.3, 0.4) is 0 Å². The molecule has 0 radical (unpaired) electrons. The van der Waals surface area contributed by atoms with Gasteiger partial charge >= 0.3 is 5.97 Å². The number of alkyl halides is 2. The Hall–Kier alpha value is -1.49. The van der Waals surface area contributed by atoms with E-state index in [1.165, 1.54) is 0 Å². The van der Waals surface area contributed by atoms with Crippen molar-refractivity contribution in [3.8, 4) is 0 Å². The van der Waals surface area contributed by atoms with Gasteiger partial charge in [0.1, 0.15) is 5.92 Å². The highest BCUT2D eigenvalue weighted by Crippen LogP contribution is 2.34. The van der Waals surface area contributed by atoms with Crippen LogP contribution in [0.2, 0.25) is 0 Å². The Morgan fingerprint density at radius 2 is 2.10 bits per heavy atom. The fourth-order valence-electron chi connectivity index (χ4n) is 2.44. The van der Waals surface area contributed by atoms with Crippen molar-refractivity contribution in [3.63, 3.8) is 0 Å². The van der Waals surface area contributed by atoms with Crippen molar-refractivity contribution in [2.75, 3.05) is 19.7 Å². The molecule has 2 rings (SSSR count). The summed E-state index contributed by atoms with van der Waals surface area (Å²) in [6.45, 7) is 2.66. The molecule has 1 saturated heterocycles. The van der Waals surface area contributed by atoms with E-state index in [0.717, 1.165) is 5.56 Å². The van der Waals surface area contributed by atoms with Crippen LogP contribution in [0.15, 0.2) is 30.3 Å². The van der Waals surface area contributed by atoms with Crippen LogP contribution in [0.4, 0.5) is 8.78 Å². The molecule has 1 heterocycles. The van der Waals surface area contributed by atoms with Gasteiger partial charge in [0, 0.05) is 26.1 Å². The number of carbonyl (C=O) groups is 1. The highest BCUT2D eigenvalue weighted by atomic mass is 19.3. The average molecular weight is 283 g/mol. The normalized spacial score (nSPS) is 22.4. The van der Waals surface area contributed by atoms with E-state index in [0.29, 0.717) is 6.54 Å². The zero-order valence-electron chi connectivity index (χ0n) is 11.5. The molecule has 0 amide bonds. The molecule has 20 heavy (non-hydrogen) atoms. The second kappa shape index (κ2) is 6.31. The Balaban J connectivity index is 2.02. The minimum absolute atomic E-state index is 0.0424. The van der Waals surface area contributed by atoms with Crippen LogP contribution < -0.4 is 0 Å². The van der Waals surface area contributed by atoms with E-state index in [-0.39, 0.29) is 26.1 Å². The SMILES string of the molecule is CCOC(=O)[C@H]1CN(Cc2ccccc2)CCC1(F)F. The number of likely N-dealkylation sites (tertiary alicyclic amines) is 1. The molecule has 1 fully saturated rings. The first kappa shape index (κ1) is 14.9. The molecule has 0 saturated carbocycles. The topological polar surface area (TPSA) is 29.5 Å². The van der Waals surface area contributed by atoms with E-state index < -0.39 is 17.8 Å². The maximum Gasteiger partial charge on any atom is 0.316 e. The van der Waals surface area contributed by atoms with E-state index in [4.69, 9.17) is 4.74 Å². The van der Waals surface area contributed by atoms with E-state index in [2.05, 4.69) is 0 Å². The molecule has 0 N–H and O–H groups in total. The van der Waals surface area contributed by atoms with Crippen molar-refractivity contribution in [1.82, 2.24) is 4.90 Å². The summed E-state index contributed by atoms with van der Waals surface area (Å²) in [5.74, 6) is -5.13. The molecule has 0 aromatic heterocycles. The summed E-state index contributed by atoms with van der Waals surface area (Å²) in [5.41, 5.74) is 1.06. The van der Waals surface area contributed by atoms with Crippen molar-refractivity contribution < 1.29 is 18.3 Å². The van der Waals surface area contributed by atoms with Crippen LogP contribution in [0, 0.1) is 5.92 Å². The molecule has 3 nitrogen and oxygen atoms in total. The quantitative estimate of drug-likeness (QED) is 0.796. The van der Waals surface area contributed by atoms with Gasteiger partial charge in [-0.05, 0) is 12.5 Å². The summed E-state index contributed by atoms with van der Waals surface area (Å²) < 4.78 is 32.4. The average Bonchev–Trinajstić information content (AvgIpc) is 2.42. The summed E-state index contributed by atoms with van der Waals surface area (Å²) in [4.78, 5) is 13.6. The molecular weight excluding hydrogens is 264 g/mol. The minimum atomic E-state index is -2.97. The van der Waals surface area contributed by atoms with Crippen LogP contribution >= 0.6 is 0 Å². The molecule has 1 aliphatic rings. The van der Waals surface area contributed by atoms with E-state index in [9.17, 15) is 13.6 Å². The lowest BCUT2D eigenvalue weighted by molar-refractivity contribution is -0.172. The Kier molecular flexibility index (Phi) is 4.70. The number of hydrogen-bond donors (Lipinski definition) is 0. The van der Waals surface area contributed by atoms with Crippen LogP contribution in [-0.4, -0.2) is 36.5 Å². The number of benzene rings is 1. The van der Waals surface area contributed by atoms with Gasteiger partial charge in [0.15, 0.2) is 0 Å². The number of hydrogen-bond acceptors (Lipinski definition) is 3. The van der Waals surface area contributed by atoms with Crippen molar-refractivity contribution >= 4 is 5.97 Å². The van der Waals surface area contributed by atoms with Crippen LogP contribution in [0.5, 0.6) is 0 Å².